The van der Waals surface area contributed by atoms with Crippen molar-refractivity contribution in [1.29, 1.82) is 0 Å². The van der Waals surface area contributed by atoms with E-state index < -0.39 is 0 Å². The maximum atomic E-state index is 2.63. The van der Waals surface area contributed by atoms with Gasteiger partial charge in [0.1, 0.15) is 0 Å². The predicted octanol–water partition coefficient (Wildman–Crippen LogP) is 2.76. The van der Waals surface area contributed by atoms with Crippen molar-refractivity contribution in [2.45, 2.75) is 53.1 Å². The highest BCUT2D eigenvalue weighted by Crippen LogP contribution is 2.28. The molecule has 3 atom stereocenters. The van der Waals surface area contributed by atoms with Crippen LogP contribution in [-0.4, -0.2) is 23.5 Å². The third-order valence-electron chi connectivity index (χ3n) is 3.41. The van der Waals surface area contributed by atoms with E-state index in [1.54, 1.807) is 0 Å². The standard InChI is InChI=1S/C11H23N/c1-8(2)12-7-10(4)9(3)6-11(12)5/h8-11H,6-7H2,1-5H3/t9-,10+,11+/m1/s1. The van der Waals surface area contributed by atoms with E-state index >= 15 is 0 Å². The topological polar surface area (TPSA) is 3.24 Å². The SMILES string of the molecule is CC(C)N1C[C@H](C)[C@H](C)C[C@@H]1C. The third kappa shape index (κ3) is 2.01. The molecule has 1 fully saturated rings. The Morgan fingerprint density at radius 2 is 1.67 bits per heavy atom. The molecule has 0 unspecified atom stereocenters. The summed E-state index contributed by atoms with van der Waals surface area (Å²) in [4.78, 5) is 2.63. The molecule has 0 aromatic rings. The first-order valence-electron chi connectivity index (χ1n) is 5.28. The molecule has 12 heavy (non-hydrogen) atoms. The van der Waals surface area contributed by atoms with Crippen molar-refractivity contribution < 1.29 is 0 Å². The molecule has 0 aromatic carbocycles. The fourth-order valence-electron chi connectivity index (χ4n) is 2.32. The second-order valence-corrected chi connectivity index (χ2v) is 4.83. The smallest absolute Gasteiger partial charge is 0.00723 e. The first-order chi connectivity index (χ1) is 5.52. The van der Waals surface area contributed by atoms with Crippen molar-refractivity contribution in [1.82, 2.24) is 4.90 Å². The van der Waals surface area contributed by atoms with Gasteiger partial charge in [-0.25, -0.2) is 0 Å². The Morgan fingerprint density at radius 1 is 1.08 bits per heavy atom. The molecular formula is C11H23N. The summed E-state index contributed by atoms with van der Waals surface area (Å²) in [5.74, 6) is 1.79. The number of hydrogen-bond acceptors (Lipinski definition) is 1. The minimum absolute atomic E-state index is 0.718. The van der Waals surface area contributed by atoms with Gasteiger partial charge in [0, 0.05) is 18.6 Å². The Balaban J connectivity index is 2.55. The molecule has 1 heteroatoms. The molecule has 0 spiro atoms. The summed E-state index contributed by atoms with van der Waals surface area (Å²) in [5, 5.41) is 0. The van der Waals surface area contributed by atoms with Gasteiger partial charge < -0.3 is 0 Å². The van der Waals surface area contributed by atoms with Crippen molar-refractivity contribution in [3.63, 3.8) is 0 Å². The van der Waals surface area contributed by atoms with Gasteiger partial charge in [-0.15, -0.1) is 0 Å². The summed E-state index contributed by atoms with van der Waals surface area (Å²) in [5.41, 5.74) is 0. The van der Waals surface area contributed by atoms with Gasteiger partial charge in [-0.05, 0) is 39.0 Å². The quantitative estimate of drug-likeness (QED) is 0.583. The van der Waals surface area contributed by atoms with E-state index in [9.17, 15) is 0 Å². The van der Waals surface area contributed by atoms with Gasteiger partial charge in [0.15, 0.2) is 0 Å². The zero-order valence-electron chi connectivity index (χ0n) is 9.17. The predicted molar refractivity (Wildman–Crippen MR) is 54.2 cm³/mol. The highest BCUT2D eigenvalue weighted by atomic mass is 15.2. The lowest BCUT2D eigenvalue weighted by Crippen LogP contribution is -2.47. The Bertz CT molecular complexity index is 142. The lowest BCUT2D eigenvalue weighted by atomic mass is 9.84. The van der Waals surface area contributed by atoms with Crippen LogP contribution in [0, 0.1) is 11.8 Å². The van der Waals surface area contributed by atoms with Crippen LogP contribution in [0.15, 0.2) is 0 Å². The Labute approximate surface area is 77.1 Å². The van der Waals surface area contributed by atoms with Crippen LogP contribution in [0.3, 0.4) is 0 Å². The Hall–Kier alpha value is -0.0400. The average Bonchev–Trinajstić information content (AvgIpc) is 1.96. The lowest BCUT2D eigenvalue weighted by Gasteiger charge is -2.42. The van der Waals surface area contributed by atoms with Crippen LogP contribution in [0.5, 0.6) is 0 Å². The zero-order chi connectivity index (χ0) is 9.30. The molecule has 1 heterocycles. The number of likely N-dealkylation sites (tertiary alicyclic amines) is 1. The average molecular weight is 169 g/mol. The molecule has 1 aliphatic heterocycles. The summed E-state index contributed by atoms with van der Waals surface area (Å²) >= 11 is 0. The van der Waals surface area contributed by atoms with Crippen molar-refractivity contribution in [2.24, 2.45) is 11.8 Å². The van der Waals surface area contributed by atoms with Crippen molar-refractivity contribution in [2.75, 3.05) is 6.54 Å². The van der Waals surface area contributed by atoms with Crippen LogP contribution in [0.2, 0.25) is 0 Å². The van der Waals surface area contributed by atoms with E-state index in [-0.39, 0.29) is 0 Å². The van der Waals surface area contributed by atoms with E-state index in [2.05, 4.69) is 39.5 Å². The van der Waals surface area contributed by atoms with Gasteiger partial charge >= 0.3 is 0 Å². The van der Waals surface area contributed by atoms with Crippen LogP contribution in [0.4, 0.5) is 0 Å². The number of nitrogens with zero attached hydrogens (tertiary/aromatic N) is 1. The molecule has 1 saturated heterocycles. The summed E-state index contributed by atoms with van der Waals surface area (Å²) in [6, 6.07) is 1.51. The summed E-state index contributed by atoms with van der Waals surface area (Å²) < 4.78 is 0. The van der Waals surface area contributed by atoms with E-state index in [0.717, 1.165) is 23.9 Å². The largest absolute Gasteiger partial charge is 0.298 e. The van der Waals surface area contributed by atoms with Gasteiger partial charge in [0.05, 0.1) is 0 Å². The minimum atomic E-state index is 0.718. The van der Waals surface area contributed by atoms with Crippen molar-refractivity contribution in [3.8, 4) is 0 Å². The normalized spacial score (nSPS) is 39.0. The van der Waals surface area contributed by atoms with Gasteiger partial charge in [-0.2, -0.15) is 0 Å². The summed E-state index contributed by atoms with van der Waals surface area (Å²) in [6.07, 6.45) is 1.37. The minimum Gasteiger partial charge on any atom is -0.298 e. The third-order valence-corrected chi connectivity index (χ3v) is 3.41. The maximum absolute atomic E-state index is 2.63. The van der Waals surface area contributed by atoms with Crippen molar-refractivity contribution in [3.05, 3.63) is 0 Å². The van der Waals surface area contributed by atoms with Crippen LogP contribution < -0.4 is 0 Å². The van der Waals surface area contributed by atoms with Crippen LogP contribution in [-0.2, 0) is 0 Å². The highest BCUT2D eigenvalue weighted by Gasteiger charge is 2.29. The van der Waals surface area contributed by atoms with Gasteiger partial charge in [0.2, 0.25) is 0 Å². The van der Waals surface area contributed by atoms with Crippen molar-refractivity contribution >= 4 is 0 Å². The molecule has 0 aliphatic carbocycles. The molecule has 72 valence electrons. The number of piperidine rings is 1. The molecule has 0 amide bonds. The Kier molecular flexibility index (Phi) is 3.16. The van der Waals surface area contributed by atoms with E-state index in [1.807, 2.05) is 0 Å². The summed E-state index contributed by atoms with van der Waals surface area (Å²) in [6.45, 7) is 13.0. The lowest BCUT2D eigenvalue weighted by molar-refractivity contribution is 0.0597. The molecule has 0 bridgehead atoms. The van der Waals surface area contributed by atoms with Gasteiger partial charge in [-0.3, -0.25) is 4.90 Å². The fourth-order valence-corrected chi connectivity index (χ4v) is 2.32. The number of hydrogen-bond donors (Lipinski definition) is 0. The molecule has 1 aliphatic rings. The second kappa shape index (κ2) is 3.78. The monoisotopic (exact) mass is 169 g/mol. The van der Waals surface area contributed by atoms with E-state index in [4.69, 9.17) is 0 Å². The first-order valence-corrected chi connectivity index (χ1v) is 5.28. The van der Waals surface area contributed by atoms with Gasteiger partial charge in [-0.1, -0.05) is 13.8 Å². The van der Waals surface area contributed by atoms with Crippen LogP contribution in [0.25, 0.3) is 0 Å². The van der Waals surface area contributed by atoms with E-state index in [0.29, 0.717) is 0 Å². The molecule has 0 radical (unpaired) electrons. The van der Waals surface area contributed by atoms with Gasteiger partial charge in [0.25, 0.3) is 0 Å². The Morgan fingerprint density at radius 3 is 2.17 bits per heavy atom. The maximum Gasteiger partial charge on any atom is 0.00723 e. The van der Waals surface area contributed by atoms with E-state index in [1.165, 1.54) is 13.0 Å². The summed E-state index contributed by atoms with van der Waals surface area (Å²) in [7, 11) is 0. The molecule has 1 rings (SSSR count). The molecule has 0 N–H and O–H groups in total. The molecule has 0 saturated carbocycles. The fraction of sp³-hybridized carbons (Fsp3) is 1.00. The highest BCUT2D eigenvalue weighted by molar-refractivity contribution is 4.82. The molecule has 1 nitrogen and oxygen atoms in total. The zero-order valence-corrected chi connectivity index (χ0v) is 9.17. The van der Waals surface area contributed by atoms with Crippen LogP contribution >= 0.6 is 0 Å². The second-order valence-electron chi connectivity index (χ2n) is 4.83. The molecular weight excluding hydrogens is 146 g/mol. The molecule has 0 aromatic heterocycles. The number of rotatable bonds is 1. The van der Waals surface area contributed by atoms with Crippen LogP contribution in [0.1, 0.15) is 41.0 Å². The first kappa shape index (κ1) is 10.0.